The van der Waals surface area contributed by atoms with Crippen LogP contribution in [0, 0.1) is 11.3 Å². The van der Waals surface area contributed by atoms with E-state index < -0.39 is 0 Å². The van der Waals surface area contributed by atoms with Gasteiger partial charge >= 0.3 is 0 Å². The van der Waals surface area contributed by atoms with E-state index >= 15 is 0 Å². The highest BCUT2D eigenvalue weighted by molar-refractivity contribution is 7.99. The predicted octanol–water partition coefficient (Wildman–Crippen LogP) is 4.28. The summed E-state index contributed by atoms with van der Waals surface area (Å²) in [4.78, 5) is 13.5. The van der Waals surface area contributed by atoms with Crippen molar-refractivity contribution in [2.75, 3.05) is 11.1 Å². The van der Waals surface area contributed by atoms with Gasteiger partial charge in [-0.15, -0.1) is 21.5 Å². The largest absolute Gasteiger partial charge is 0.411 e. The molecule has 1 aliphatic carbocycles. The molecule has 27 heavy (non-hydrogen) atoms. The molecule has 0 saturated carbocycles. The summed E-state index contributed by atoms with van der Waals surface area (Å²) in [5.74, 6) is 0.384. The monoisotopic (exact) mass is 396 g/mol. The molecule has 0 spiro atoms. The third-order valence-corrected chi connectivity index (χ3v) is 6.32. The molecule has 4 rings (SSSR count). The smallest absolute Gasteiger partial charge is 0.277 e. The van der Waals surface area contributed by atoms with Gasteiger partial charge in [0.15, 0.2) is 0 Å². The van der Waals surface area contributed by atoms with Crippen LogP contribution in [0.4, 0.5) is 5.00 Å². The van der Waals surface area contributed by atoms with Gasteiger partial charge in [0.1, 0.15) is 11.1 Å². The van der Waals surface area contributed by atoms with Crippen molar-refractivity contribution in [3.8, 4) is 17.5 Å². The lowest BCUT2D eigenvalue weighted by Crippen LogP contribution is -2.14. The second-order valence-electron chi connectivity index (χ2n) is 6.10. The van der Waals surface area contributed by atoms with E-state index in [1.807, 2.05) is 30.3 Å². The van der Waals surface area contributed by atoms with Crippen molar-refractivity contribution < 1.29 is 9.21 Å². The minimum Gasteiger partial charge on any atom is -0.411 e. The van der Waals surface area contributed by atoms with Gasteiger partial charge in [0, 0.05) is 10.4 Å². The molecule has 0 fully saturated rings. The van der Waals surface area contributed by atoms with Crippen molar-refractivity contribution in [2.24, 2.45) is 0 Å². The predicted molar refractivity (Wildman–Crippen MR) is 105 cm³/mol. The zero-order valence-corrected chi connectivity index (χ0v) is 16.0. The summed E-state index contributed by atoms with van der Waals surface area (Å²) in [5, 5.41) is 21.3. The quantitative estimate of drug-likeness (QED) is 0.647. The van der Waals surface area contributed by atoms with Crippen molar-refractivity contribution in [1.82, 2.24) is 10.2 Å². The molecule has 0 radical (unpaired) electrons. The number of aromatic nitrogens is 2. The van der Waals surface area contributed by atoms with Crippen molar-refractivity contribution in [1.29, 1.82) is 5.26 Å². The van der Waals surface area contributed by atoms with Crippen molar-refractivity contribution >= 4 is 34.0 Å². The van der Waals surface area contributed by atoms with E-state index in [1.165, 1.54) is 28.0 Å². The summed E-state index contributed by atoms with van der Waals surface area (Å²) in [6.45, 7) is 0. The topological polar surface area (TPSA) is 91.8 Å². The molecular weight excluding hydrogens is 380 g/mol. The molecule has 0 bridgehead atoms. The van der Waals surface area contributed by atoms with Gasteiger partial charge in [0.05, 0.1) is 11.3 Å². The highest BCUT2D eigenvalue weighted by Gasteiger charge is 2.22. The zero-order valence-electron chi connectivity index (χ0n) is 14.4. The normalized spacial score (nSPS) is 13.0. The van der Waals surface area contributed by atoms with Crippen molar-refractivity contribution in [2.45, 2.75) is 30.9 Å². The van der Waals surface area contributed by atoms with Crippen molar-refractivity contribution in [3.05, 3.63) is 46.3 Å². The van der Waals surface area contributed by atoms with Gasteiger partial charge in [-0.25, -0.2) is 0 Å². The van der Waals surface area contributed by atoms with Gasteiger partial charge in [-0.2, -0.15) is 5.26 Å². The average Bonchev–Trinajstić information content (AvgIpc) is 3.31. The number of nitrogens with zero attached hydrogens (tertiary/aromatic N) is 3. The maximum Gasteiger partial charge on any atom is 0.277 e. The Morgan fingerprint density at radius 2 is 2.07 bits per heavy atom. The number of nitrogens with one attached hydrogen (secondary N) is 1. The summed E-state index contributed by atoms with van der Waals surface area (Å²) in [6, 6.07) is 11.7. The molecule has 0 aliphatic heterocycles. The van der Waals surface area contributed by atoms with Crippen molar-refractivity contribution in [3.63, 3.8) is 0 Å². The molecule has 8 heteroatoms. The molecule has 1 N–H and O–H groups in total. The molecule has 136 valence electrons. The van der Waals surface area contributed by atoms with Crippen LogP contribution >= 0.6 is 23.1 Å². The van der Waals surface area contributed by atoms with Gasteiger partial charge < -0.3 is 9.73 Å². The molecule has 6 nitrogen and oxygen atoms in total. The Kier molecular flexibility index (Phi) is 5.23. The number of thioether (sulfide) groups is 1. The Bertz CT molecular complexity index is 1000. The van der Waals surface area contributed by atoms with Gasteiger partial charge in [0.25, 0.3) is 5.22 Å². The summed E-state index contributed by atoms with van der Waals surface area (Å²) in [6.07, 6.45) is 4.15. The first kappa shape index (κ1) is 17.8. The van der Waals surface area contributed by atoms with Crippen LogP contribution in [0.25, 0.3) is 11.5 Å². The van der Waals surface area contributed by atoms with Gasteiger partial charge in [0.2, 0.25) is 11.8 Å². The van der Waals surface area contributed by atoms with Gasteiger partial charge in [-0.1, -0.05) is 30.0 Å². The second-order valence-corrected chi connectivity index (χ2v) is 8.13. The number of carbonyl (C=O) groups is 1. The Morgan fingerprint density at radius 3 is 2.89 bits per heavy atom. The highest BCUT2D eigenvalue weighted by Crippen LogP contribution is 2.37. The van der Waals surface area contributed by atoms with Crippen LogP contribution in [0.1, 0.15) is 28.8 Å². The molecule has 3 aromatic rings. The van der Waals surface area contributed by atoms with E-state index in [4.69, 9.17) is 4.42 Å². The second kappa shape index (κ2) is 7.94. The Labute approximate surface area is 164 Å². The maximum atomic E-state index is 12.3. The first-order chi connectivity index (χ1) is 13.2. The van der Waals surface area contributed by atoms with Crippen LogP contribution in [-0.2, 0) is 17.6 Å². The Hall–Kier alpha value is -2.63. The van der Waals surface area contributed by atoms with Crippen LogP contribution in [0.5, 0.6) is 0 Å². The molecule has 1 aromatic carbocycles. The number of aryl methyl sites for hydroxylation is 1. The molecular formula is C19H16N4O2S2. The highest BCUT2D eigenvalue weighted by atomic mass is 32.2. The fourth-order valence-corrected chi connectivity index (χ4v) is 4.85. The number of hydrogen-bond donors (Lipinski definition) is 1. The molecule has 1 amide bonds. The molecule has 2 heterocycles. The van der Waals surface area contributed by atoms with Crippen LogP contribution in [0.3, 0.4) is 0 Å². The molecule has 2 aromatic heterocycles. The SMILES string of the molecule is N#Cc1c(NC(=O)CSc2nnc(-c3ccccc3)o2)sc2c1CCCC2. The van der Waals surface area contributed by atoms with E-state index in [0.29, 0.717) is 21.7 Å². The third kappa shape index (κ3) is 3.89. The van der Waals surface area contributed by atoms with Crippen LogP contribution in [0.2, 0.25) is 0 Å². The minimum absolute atomic E-state index is 0.143. The summed E-state index contributed by atoms with van der Waals surface area (Å²) < 4.78 is 5.59. The number of carbonyl (C=O) groups excluding carboxylic acids is 1. The molecule has 0 atom stereocenters. The van der Waals surface area contributed by atoms with E-state index in [9.17, 15) is 10.1 Å². The van der Waals surface area contributed by atoms with Crippen LogP contribution < -0.4 is 5.32 Å². The standard InChI is InChI=1S/C19H16N4O2S2/c20-10-14-13-8-4-5-9-15(13)27-18(14)21-16(24)11-26-19-23-22-17(25-19)12-6-2-1-3-7-12/h1-3,6-7H,4-5,8-9,11H2,(H,21,24). The number of rotatable bonds is 5. The van der Waals surface area contributed by atoms with E-state index in [-0.39, 0.29) is 11.7 Å². The van der Waals surface area contributed by atoms with E-state index in [0.717, 1.165) is 36.8 Å². The Balaban J connectivity index is 1.39. The van der Waals surface area contributed by atoms with Gasteiger partial charge in [-0.05, 0) is 43.4 Å². The number of anilines is 1. The molecule has 0 saturated heterocycles. The Morgan fingerprint density at radius 1 is 1.26 bits per heavy atom. The van der Waals surface area contributed by atoms with Gasteiger partial charge in [-0.3, -0.25) is 4.79 Å². The average molecular weight is 396 g/mol. The van der Waals surface area contributed by atoms with E-state index in [2.05, 4.69) is 21.6 Å². The number of hydrogen-bond acceptors (Lipinski definition) is 7. The van der Waals surface area contributed by atoms with E-state index in [1.54, 1.807) is 0 Å². The third-order valence-electron chi connectivity index (χ3n) is 4.29. The lowest BCUT2D eigenvalue weighted by molar-refractivity contribution is -0.113. The maximum absolute atomic E-state index is 12.3. The van der Waals surface area contributed by atoms with Crippen LogP contribution in [0.15, 0.2) is 40.0 Å². The molecule has 0 unspecified atom stereocenters. The summed E-state index contributed by atoms with van der Waals surface area (Å²) in [5.41, 5.74) is 2.57. The number of amides is 1. The first-order valence-electron chi connectivity index (χ1n) is 8.61. The number of thiophene rings is 1. The molecule has 1 aliphatic rings. The number of nitriles is 1. The lowest BCUT2D eigenvalue weighted by Gasteiger charge is -2.09. The number of benzene rings is 1. The summed E-state index contributed by atoms with van der Waals surface area (Å²) in [7, 11) is 0. The van der Waals surface area contributed by atoms with Crippen LogP contribution in [-0.4, -0.2) is 21.9 Å². The zero-order chi connectivity index (χ0) is 18.6. The first-order valence-corrected chi connectivity index (χ1v) is 10.4. The fraction of sp³-hybridized carbons (Fsp3) is 0.263. The fourth-order valence-electron chi connectivity index (χ4n) is 3.03. The minimum atomic E-state index is -0.186. The lowest BCUT2D eigenvalue weighted by atomic mass is 9.96. The number of fused-ring (bicyclic) bond motifs is 1. The summed E-state index contributed by atoms with van der Waals surface area (Å²) >= 11 is 2.70.